The van der Waals surface area contributed by atoms with Gasteiger partial charge in [0.2, 0.25) is 0 Å². The Morgan fingerprint density at radius 2 is 2.24 bits per heavy atom. The fourth-order valence-corrected chi connectivity index (χ4v) is 1.50. The zero-order chi connectivity index (χ0) is 12.3. The van der Waals surface area contributed by atoms with Crippen molar-refractivity contribution in [2.75, 3.05) is 6.61 Å². The first kappa shape index (κ1) is 12.3. The molecule has 0 aliphatic heterocycles. The number of nitrogens with one attached hydrogen (secondary N) is 1. The lowest BCUT2D eigenvalue weighted by Crippen LogP contribution is -2.17. The van der Waals surface area contributed by atoms with Gasteiger partial charge in [-0.25, -0.2) is 9.97 Å². The fourth-order valence-electron chi connectivity index (χ4n) is 1.50. The highest BCUT2D eigenvalue weighted by molar-refractivity contribution is 5.17. The summed E-state index contributed by atoms with van der Waals surface area (Å²) < 4.78 is 5.50. The molecule has 0 atom stereocenters. The average Bonchev–Trinajstić information content (AvgIpc) is 3.09. The van der Waals surface area contributed by atoms with Gasteiger partial charge in [-0.3, -0.25) is 0 Å². The molecule has 0 radical (unpaired) electrons. The van der Waals surface area contributed by atoms with Gasteiger partial charge < -0.3 is 10.1 Å². The third-order valence-electron chi connectivity index (χ3n) is 2.76. The average molecular weight is 235 g/mol. The van der Waals surface area contributed by atoms with Crippen LogP contribution < -0.4 is 10.1 Å². The highest BCUT2D eigenvalue weighted by atomic mass is 16.5. The predicted octanol–water partition coefficient (Wildman–Crippen LogP) is 2.07. The van der Waals surface area contributed by atoms with Crippen molar-refractivity contribution in [1.82, 2.24) is 15.3 Å². The summed E-state index contributed by atoms with van der Waals surface area (Å²) in [6, 6.07) is 1.21. The first-order chi connectivity index (χ1) is 8.15. The molecule has 1 heterocycles. The van der Waals surface area contributed by atoms with Crippen LogP contribution in [0.2, 0.25) is 0 Å². The first-order valence-corrected chi connectivity index (χ1v) is 6.34. The van der Waals surface area contributed by atoms with Gasteiger partial charge >= 0.3 is 6.01 Å². The lowest BCUT2D eigenvalue weighted by atomic mass is 10.2. The van der Waals surface area contributed by atoms with Crippen LogP contribution in [0, 0.1) is 12.8 Å². The molecule has 1 aromatic heterocycles. The second-order valence-corrected chi connectivity index (χ2v) is 5.12. The Hall–Kier alpha value is -1.16. The van der Waals surface area contributed by atoms with Crippen LogP contribution in [0.25, 0.3) is 0 Å². The van der Waals surface area contributed by atoms with E-state index in [-0.39, 0.29) is 0 Å². The third kappa shape index (κ3) is 3.97. The number of aromatic nitrogens is 2. The molecule has 1 aromatic rings. The smallest absolute Gasteiger partial charge is 0.316 e. The Kier molecular flexibility index (Phi) is 3.94. The molecule has 4 nitrogen and oxygen atoms in total. The third-order valence-corrected chi connectivity index (χ3v) is 2.76. The van der Waals surface area contributed by atoms with Crippen molar-refractivity contribution in [3.05, 3.63) is 17.5 Å². The van der Waals surface area contributed by atoms with Gasteiger partial charge in [0.15, 0.2) is 0 Å². The summed E-state index contributed by atoms with van der Waals surface area (Å²) in [5.41, 5.74) is 2.17. The lowest BCUT2D eigenvalue weighted by molar-refractivity contribution is 0.250. The van der Waals surface area contributed by atoms with Crippen molar-refractivity contribution >= 4 is 0 Å². The van der Waals surface area contributed by atoms with Crippen LogP contribution in [0.3, 0.4) is 0 Å². The van der Waals surface area contributed by atoms with E-state index in [2.05, 4.69) is 29.1 Å². The van der Waals surface area contributed by atoms with Gasteiger partial charge in [0.25, 0.3) is 0 Å². The second-order valence-electron chi connectivity index (χ2n) is 5.12. The minimum atomic E-state index is 0.492. The van der Waals surface area contributed by atoms with Crippen LogP contribution in [-0.4, -0.2) is 22.6 Å². The highest BCUT2D eigenvalue weighted by Crippen LogP contribution is 2.19. The van der Waals surface area contributed by atoms with Gasteiger partial charge in [-0.2, -0.15) is 0 Å². The molecule has 1 saturated carbocycles. The zero-order valence-electron chi connectivity index (χ0n) is 10.9. The van der Waals surface area contributed by atoms with E-state index >= 15 is 0 Å². The van der Waals surface area contributed by atoms with E-state index < -0.39 is 0 Å². The topological polar surface area (TPSA) is 47.0 Å². The van der Waals surface area contributed by atoms with E-state index in [1.54, 1.807) is 0 Å². The Labute approximate surface area is 103 Å². The number of hydrogen-bond acceptors (Lipinski definition) is 4. The van der Waals surface area contributed by atoms with Crippen molar-refractivity contribution in [2.45, 2.75) is 46.2 Å². The Balaban J connectivity index is 1.90. The minimum Gasteiger partial charge on any atom is -0.463 e. The maximum Gasteiger partial charge on any atom is 0.316 e. The molecule has 0 unspecified atom stereocenters. The molecule has 0 saturated heterocycles. The molecule has 17 heavy (non-hydrogen) atoms. The summed E-state index contributed by atoms with van der Waals surface area (Å²) in [5.74, 6) is 0.495. The predicted molar refractivity (Wildman–Crippen MR) is 67.0 cm³/mol. The normalized spacial score (nSPS) is 15.3. The van der Waals surface area contributed by atoms with E-state index in [9.17, 15) is 0 Å². The largest absolute Gasteiger partial charge is 0.463 e. The van der Waals surface area contributed by atoms with Crippen LogP contribution in [0.15, 0.2) is 6.20 Å². The first-order valence-electron chi connectivity index (χ1n) is 6.34. The molecule has 0 amide bonds. The molecule has 2 rings (SSSR count). The summed E-state index contributed by atoms with van der Waals surface area (Å²) in [4.78, 5) is 8.61. The van der Waals surface area contributed by atoms with Crippen molar-refractivity contribution in [3.8, 4) is 6.01 Å². The lowest BCUT2D eigenvalue weighted by Gasteiger charge is -2.09. The quantitative estimate of drug-likeness (QED) is 0.820. The summed E-state index contributed by atoms with van der Waals surface area (Å²) >= 11 is 0. The summed E-state index contributed by atoms with van der Waals surface area (Å²) in [7, 11) is 0. The van der Waals surface area contributed by atoms with E-state index in [1.165, 1.54) is 12.8 Å². The number of ether oxygens (including phenoxy) is 1. The van der Waals surface area contributed by atoms with E-state index in [4.69, 9.17) is 4.74 Å². The molecule has 94 valence electrons. The monoisotopic (exact) mass is 235 g/mol. The van der Waals surface area contributed by atoms with Crippen LogP contribution in [0.4, 0.5) is 0 Å². The molecule has 1 N–H and O–H groups in total. The van der Waals surface area contributed by atoms with Gasteiger partial charge in [-0.05, 0) is 25.7 Å². The Bertz CT molecular complexity index is 375. The number of aryl methyl sites for hydroxylation is 1. The molecule has 4 heteroatoms. The van der Waals surface area contributed by atoms with Crippen molar-refractivity contribution in [2.24, 2.45) is 5.92 Å². The molecule has 1 fully saturated rings. The second kappa shape index (κ2) is 5.45. The van der Waals surface area contributed by atoms with E-state index in [1.807, 2.05) is 13.1 Å². The van der Waals surface area contributed by atoms with Crippen molar-refractivity contribution < 1.29 is 4.74 Å². The van der Waals surface area contributed by atoms with Gasteiger partial charge in [-0.1, -0.05) is 13.8 Å². The minimum absolute atomic E-state index is 0.492. The number of hydrogen-bond donors (Lipinski definition) is 1. The van der Waals surface area contributed by atoms with Crippen LogP contribution in [0.1, 0.15) is 37.9 Å². The SMILES string of the molecule is Cc1nc(OCC(C)C)ncc1CNC1CC1. The Morgan fingerprint density at radius 1 is 1.47 bits per heavy atom. The number of nitrogens with zero attached hydrogens (tertiary/aromatic N) is 2. The van der Waals surface area contributed by atoms with Gasteiger partial charge in [0, 0.05) is 30.0 Å². The molecule has 0 aromatic carbocycles. The summed E-state index contributed by atoms with van der Waals surface area (Å²) in [6.45, 7) is 7.76. The maximum absolute atomic E-state index is 5.50. The van der Waals surface area contributed by atoms with Crippen LogP contribution in [0.5, 0.6) is 6.01 Å². The molecule has 0 spiro atoms. The van der Waals surface area contributed by atoms with Gasteiger partial charge in [0.1, 0.15) is 0 Å². The van der Waals surface area contributed by atoms with Crippen molar-refractivity contribution in [3.63, 3.8) is 0 Å². The van der Waals surface area contributed by atoms with E-state index in [0.29, 0.717) is 24.6 Å². The standard InChI is InChI=1S/C13H21N3O/c1-9(2)8-17-13-15-7-11(10(3)16-13)6-14-12-4-5-12/h7,9,12,14H,4-6,8H2,1-3H3. The highest BCUT2D eigenvalue weighted by Gasteiger charge is 2.20. The molecular formula is C13H21N3O. The van der Waals surface area contributed by atoms with E-state index in [0.717, 1.165) is 17.8 Å². The fraction of sp³-hybridized carbons (Fsp3) is 0.692. The van der Waals surface area contributed by atoms with Crippen molar-refractivity contribution in [1.29, 1.82) is 0 Å². The van der Waals surface area contributed by atoms with Crippen LogP contribution >= 0.6 is 0 Å². The molecule has 1 aliphatic rings. The van der Waals surface area contributed by atoms with Gasteiger partial charge in [0.05, 0.1) is 6.61 Å². The molecular weight excluding hydrogens is 214 g/mol. The maximum atomic E-state index is 5.50. The summed E-state index contributed by atoms with van der Waals surface area (Å²) in [5, 5.41) is 3.46. The van der Waals surface area contributed by atoms with Crippen LogP contribution in [-0.2, 0) is 6.54 Å². The molecule has 0 bridgehead atoms. The number of rotatable bonds is 6. The Morgan fingerprint density at radius 3 is 2.82 bits per heavy atom. The van der Waals surface area contributed by atoms with Gasteiger partial charge in [-0.15, -0.1) is 0 Å². The molecule has 1 aliphatic carbocycles. The zero-order valence-corrected chi connectivity index (χ0v) is 10.9. The summed E-state index contributed by atoms with van der Waals surface area (Å²) in [6.07, 6.45) is 4.47.